The van der Waals surface area contributed by atoms with Crippen LogP contribution >= 0.6 is 0 Å². The number of nitrogen functional groups attached to an aromatic ring is 3. The van der Waals surface area contributed by atoms with Crippen LogP contribution in [0.3, 0.4) is 0 Å². The van der Waals surface area contributed by atoms with Crippen LogP contribution in [0.1, 0.15) is 20.7 Å². The first-order valence-corrected chi connectivity index (χ1v) is 7.90. The molecule has 0 aliphatic carbocycles. The fourth-order valence-corrected chi connectivity index (χ4v) is 2.13. The molecular formula is C16H14F3N5O8. The summed E-state index contributed by atoms with van der Waals surface area (Å²) in [5.41, 5.74) is 10.2. The molecule has 0 aliphatic rings. The van der Waals surface area contributed by atoms with Gasteiger partial charge in [0, 0.05) is 12.1 Å². The summed E-state index contributed by atoms with van der Waals surface area (Å²) < 4.78 is 48.0. The van der Waals surface area contributed by atoms with Crippen LogP contribution in [-0.4, -0.2) is 36.0 Å². The van der Waals surface area contributed by atoms with E-state index in [2.05, 4.69) is 9.47 Å². The molecule has 0 fully saturated rings. The molecule has 0 unspecified atom stereocenters. The van der Waals surface area contributed by atoms with Crippen LogP contribution in [0, 0.1) is 37.7 Å². The molecule has 0 saturated heterocycles. The fraction of sp³-hybridized carbons (Fsp3) is 0.125. The maximum absolute atomic E-state index is 13.3. The van der Waals surface area contributed by atoms with Crippen molar-refractivity contribution in [1.82, 2.24) is 0 Å². The standard InChI is InChI=1S/C8H6F2N2O4.C8H8FN3O4/c1-16-8(13)3-2-4(12(14)15)7(11)6(10)5(3)9;1-16-8(13)3-2-4(12(14)15)7(11)5(9)6(3)10/h2H,11H2,1H3;2H,10-11H2,1H3. The quantitative estimate of drug-likeness (QED) is 0.258. The number of esters is 2. The third-order valence-electron chi connectivity index (χ3n) is 3.75. The number of benzene rings is 2. The highest BCUT2D eigenvalue weighted by atomic mass is 19.2. The van der Waals surface area contributed by atoms with Gasteiger partial charge < -0.3 is 26.7 Å². The first-order chi connectivity index (χ1) is 14.8. The van der Waals surface area contributed by atoms with Crippen molar-refractivity contribution >= 4 is 40.4 Å². The second-order valence-corrected chi connectivity index (χ2v) is 5.57. The molecule has 0 radical (unpaired) electrons. The fourth-order valence-electron chi connectivity index (χ4n) is 2.13. The molecule has 2 aromatic carbocycles. The summed E-state index contributed by atoms with van der Waals surface area (Å²) in [6.45, 7) is 0. The van der Waals surface area contributed by atoms with Crippen molar-refractivity contribution < 1.29 is 42.1 Å². The summed E-state index contributed by atoms with van der Waals surface area (Å²) in [5.74, 6) is -6.61. The first-order valence-electron chi connectivity index (χ1n) is 7.90. The van der Waals surface area contributed by atoms with E-state index < -0.39 is 78.8 Å². The number of ether oxygens (including phenoxy) is 2. The van der Waals surface area contributed by atoms with Gasteiger partial charge in [-0.15, -0.1) is 0 Å². The molecule has 16 heteroatoms. The Kier molecular flexibility index (Phi) is 7.87. The summed E-state index contributed by atoms with van der Waals surface area (Å²) in [6, 6.07) is 1.30. The van der Waals surface area contributed by atoms with Crippen LogP contribution in [0.4, 0.5) is 41.6 Å². The van der Waals surface area contributed by atoms with Gasteiger partial charge in [0.25, 0.3) is 11.4 Å². The summed E-state index contributed by atoms with van der Waals surface area (Å²) >= 11 is 0. The normalized spacial score (nSPS) is 9.91. The largest absolute Gasteiger partial charge is 0.465 e. The van der Waals surface area contributed by atoms with Crippen molar-refractivity contribution in [3.05, 3.63) is 60.9 Å². The number of methoxy groups -OCH3 is 2. The van der Waals surface area contributed by atoms with E-state index >= 15 is 0 Å². The maximum Gasteiger partial charge on any atom is 0.341 e. The summed E-state index contributed by atoms with van der Waals surface area (Å²) in [4.78, 5) is 41.1. The number of nitro benzene ring substituents is 2. The molecule has 6 N–H and O–H groups in total. The average molecular weight is 461 g/mol. The highest BCUT2D eigenvalue weighted by Gasteiger charge is 2.27. The Balaban J connectivity index is 0.000000320. The van der Waals surface area contributed by atoms with Crippen molar-refractivity contribution in [3.63, 3.8) is 0 Å². The lowest BCUT2D eigenvalue weighted by molar-refractivity contribution is -0.384. The lowest BCUT2D eigenvalue weighted by Crippen LogP contribution is -2.11. The Morgan fingerprint density at radius 2 is 1.12 bits per heavy atom. The number of halogens is 3. The highest BCUT2D eigenvalue weighted by Crippen LogP contribution is 2.32. The van der Waals surface area contributed by atoms with Crippen LogP contribution in [-0.2, 0) is 9.47 Å². The number of anilines is 3. The average Bonchev–Trinajstić information content (AvgIpc) is 2.75. The van der Waals surface area contributed by atoms with Gasteiger partial charge in [-0.25, -0.2) is 22.8 Å². The summed E-state index contributed by atoms with van der Waals surface area (Å²) in [6.07, 6.45) is 0. The minimum Gasteiger partial charge on any atom is -0.465 e. The van der Waals surface area contributed by atoms with Crippen LogP contribution in [0.2, 0.25) is 0 Å². The molecule has 0 saturated carbocycles. The Bertz CT molecular complexity index is 1040. The van der Waals surface area contributed by atoms with Gasteiger partial charge in [0.1, 0.15) is 16.9 Å². The third-order valence-corrected chi connectivity index (χ3v) is 3.75. The zero-order valence-electron chi connectivity index (χ0n) is 16.2. The zero-order valence-corrected chi connectivity index (χ0v) is 16.2. The molecule has 0 aliphatic heterocycles. The van der Waals surface area contributed by atoms with E-state index in [0.29, 0.717) is 6.07 Å². The van der Waals surface area contributed by atoms with E-state index in [1.807, 2.05) is 0 Å². The molecule has 32 heavy (non-hydrogen) atoms. The number of carbonyl (C=O) groups excluding carboxylic acids is 2. The molecule has 0 atom stereocenters. The van der Waals surface area contributed by atoms with Crippen molar-refractivity contribution in [2.24, 2.45) is 0 Å². The molecular weight excluding hydrogens is 447 g/mol. The van der Waals surface area contributed by atoms with Gasteiger partial charge >= 0.3 is 11.9 Å². The second-order valence-electron chi connectivity index (χ2n) is 5.57. The second kappa shape index (κ2) is 9.92. The van der Waals surface area contributed by atoms with Gasteiger partial charge in [-0.05, 0) is 0 Å². The summed E-state index contributed by atoms with van der Waals surface area (Å²) in [5, 5.41) is 20.9. The predicted molar refractivity (Wildman–Crippen MR) is 102 cm³/mol. The monoisotopic (exact) mass is 461 g/mol. The molecule has 0 heterocycles. The lowest BCUT2D eigenvalue weighted by Gasteiger charge is -2.07. The van der Waals surface area contributed by atoms with E-state index in [4.69, 9.17) is 17.2 Å². The molecule has 0 amide bonds. The molecule has 2 rings (SSSR count). The maximum atomic E-state index is 13.3. The Morgan fingerprint density at radius 1 is 0.750 bits per heavy atom. The van der Waals surface area contributed by atoms with Crippen molar-refractivity contribution in [1.29, 1.82) is 0 Å². The number of nitrogens with two attached hydrogens (primary N) is 3. The highest BCUT2D eigenvalue weighted by molar-refractivity contribution is 5.97. The number of nitro groups is 2. The molecule has 0 bridgehead atoms. The van der Waals surface area contributed by atoms with Gasteiger partial charge in [-0.1, -0.05) is 0 Å². The third kappa shape index (κ3) is 4.91. The van der Waals surface area contributed by atoms with E-state index in [0.717, 1.165) is 20.3 Å². The number of rotatable bonds is 4. The predicted octanol–water partition coefficient (Wildman–Crippen LogP) is 1.93. The van der Waals surface area contributed by atoms with Crippen LogP contribution in [0.5, 0.6) is 0 Å². The Labute approximate surface area is 175 Å². The Morgan fingerprint density at radius 3 is 1.53 bits per heavy atom. The molecule has 0 spiro atoms. The molecule has 13 nitrogen and oxygen atoms in total. The van der Waals surface area contributed by atoms with Gasteiger partial charge in [0.05, 0.1) is 35.3 Å². The van der Waals surface area contributed by atoms with Crippen LogP contribution in [0.25, 0.3) is 0 Å². The minimum atomic E-state index is -1.64. The molecule has 0 aromatic heterocycles. The number of hydrogen-bond donors (Lipinski definition) is 3. The minimum absolute atomic E-state index is 0.430. The smallest absolute Gasteiger partial charge is 0.341 e. The molecule has 172 valence electrons. The molecule has 2 aromatic rings. The van der Waals surface area contributed by atoms with E-state index in [1.54, 1.807) is 0 Å². The first kappa shape index (κ1) is 25.4. The van der Waals surface area contributed by atoms with Gasteiger partial charge in [-0.2, -0.15) is 0 Å². The summed E-state index contributed by atoms with van der Waals surface area (Å²) in [7, 11) is 1.98. The number of hydrogen-bond acceptors (Lipinski definition) is 11. The van der Waals surface area contributed by atoms with Crippen molar-refractivity contribution in [2.45, 2.75) is 0 Å². The lowest BCUT2D eigenvalue weighted by atomic mass is 10.1. The number of nitrogens with zero attached hydrogens (tertiary/aromatic N) is 2. The van der Waals surface area contributed by atoms with Gasteiger partial charge in [-0.3, -0.25) is 20.2 Å². The van der Waals surface area contributed by atoms with Crippen molar-refractivity contribution in [2.75, 3.05) is 31.4 Å². The van der Waals surface area contributed by atoms with E-state index in [1.165, 1.54) is 0 Å². The van der Waals surface area contributed by atoms with Gasteiger partial charge in [0.15, 0.2) is 17.5 Å². The van der Waals surface area contributed by atoms with E-state index in [-0.39, 0.29) is 0 Å². The van der Waals surface area contributed by atoms with E-state index in [9.17, 15) is 43.0 Å². The Hall–Kier alpha value is -4.63. The zero-order chi connectivity index (χ0) is 24.9. The SMILES string of the molecule is COC(=O)c1cc([N+](=O)[O-])c(N)c(F)c1F.COC(=O)c1cc([N+](=O)[O-])c(N)c(F)c1N. The van der Waals surface area contributed by atoms with Gasteiger partial charge in [0.2, 0.25) is 0 Å². The number of carbonyl (C=O) groups is 2. The topological polar surface area (TPSA) is 217 Å². The van der Waals surface area contributed by atoms with Crippen molar-refractivity contribution in [3.8, 4) is 0 Å². The van der Waals surface area contributed by atoms with Crippen LogP contribution in [0.15, 0.2) is 12.1 Å². The van der Waals surface area contributed by atoms with Crippen LogP contribution < -0.4 is 17.2 Å².